The number of benzene rings is 1. The van der Waals surface area contributed by atoms with Gasteiger partial charge in [-0.15, -0.1) is 0 Å². The van der Waals surface area contributed by atoms with E-state index in [0.29, 0.717) is 0 Å². The third-order valence-electron chi connectivity index (χ3n) is 2.83. The molecule has 2 rings (SSSR count). The van der Waals surface area contributed by atoms with Gasteiger partial charge in [0.1, 0.15) is 6.54 Å². The first-order valence-electron chi connectivity index (χ1n) is 7.06. The molecule has 0 aliphatic carbocycles. The minimum atomic E-state index is -0.672. The fourth-order valence-corrected chi connectivity index (χ4v) is 1.70. The number of nitro groups is 1. The molecule has 1 aromatic carbocycles. The number of nitrogens with zero attached hydrogens (tertiary/aromatic N) is 3. The molecule has 0 aliphatic rings. The summed E-state index contributed by atoms with van der Waals surface area (Å²) >= 11 is 0. The van der Waals surface area contributed by atoms with E-state index >= 15 is 0 Å². The Morgan fingerprint density at radius 2 is 2.00 bits per heavy atom. The number of amides is 3. The van der Waals surface area contributed by atoms with Gasteiger partial charge in [0.15, 0.2) is 0 Å². The second kappa shape index (κ2) is 8.72. The fraction of sp³-hybridized carbons (Fsp3) is 0.0667. The molecule has 1 heterocycles. The standard InChI is InChI=1S/C15H14N6O4/c22-14(20-18-9-11-4-6-16-7-5-11)10-17-15(23)19-12-2-1-3-13(8-12)21(24)25/h1-9H,10H2,(H,20,22)(H2,17,19,23)/b18-9+. The van der Waals surface area contributed by atoms with Gasteiger partial charge in [-0.05, 0) is 23.8 Å². The van der Waals surface area contributed by atoms with Gasteiger partial charge in [0.2, 0.25) is 0 Å². The normalized spacial score (nSPS) is 10.2. The summed E-state index contributed by atoms with van der Waals surface area (Å²) in [6, 6.07) is 8.19. The van der Waals surface area contributed by atoms with Crippen molar-refractivity contribution in [2.45, 2.75) is 0 Å². The van der Waals surface area contributed by atoms with E-state index < -0.39 is 16.9 Å². The zero-order chi connectivity index (χ0) is 18.1. The Labute approximate surface area is 142 Å². The molecule has 25 heavy (non-hydrogen) atoms. The Hall–Kier alpha value is -3.82. The van der Waals surface area contributed by atoms with Crippen LogP contribution in [-0.4, -0.2) is 34.6 Å². The summed E-state index contributed by atoms with van der Waals surface area (Å²) in [5, 5.41) is 19.1. The molecule has 0 aliphatic heterocycles. The Bertz CT molecular complexity index is 794. The first kappa shape index (κ1) is 17.5. The molecule has 0 bridgehead atoms. The van der Waals surface area contributed by atoms with Crippen molar-refractivity contribution >= 4 is 29.5 Å². The molecule has 1 aromatic heterocycles. The van der Waals surface area contributed by atoms with E-state index in [0.717, 1.165) is 5.56 Å². The van der Waals surface area contributed by atoms with Gasteiger partial charge in [0, 0.05) is 30.2 Å². The highest BCUT2D eigenvalue weighted by atomic mass is 16.6. The lowest BCUT2D eigenvalue weighted by atomic mass is 10.3. The van der Waals surface area contributed by atoms with Crippen LogP contribution in [0.3, 0.4) is 0 Å². The van der Waals surface area contributed by atoms with E-state index in [4.69, 9.17) is 0 Å². The summed E-state index contributed by atoms with van der Waals surface area (Å²) in [5.41, 5.74) is 3.10. The predicted octanol–water partition coefficient (Wildman–Crippen LogP) is 1.26. The van der Waals surface area contributed by atoms with Crippen LogP contribution in [0, 0.1) is 10.1 Å². The number of carbonyl (C=O) groups excluding carboxylic acids is 2. The zero-order valence-electron chi connectivity index (χ0n) is 12.9. The van der Waals surface area contributed by atoms with E-state index in [1.54, 1.807) is 24.5 Å². The van der Waals surface area contributed by atoms with Crippen molar-refractivity contribution in [2.24, 2.45) is 5.10 Å². The Morgan fingerprint density at radius 1 is 1.24 bits per heavy atom. The first-order chi connectivity index (χ1) is 12.0. The van der Waals surface area contributed by atoms with Gasteiger partial charge in [-0.3, -0.25) is 19.9 Å². The van der Waals surface area contributed by atoms with Crippen LogP contribution in [0.2, 0.25) is 0 Å². The smallest absolute Gasteiger partial charge is 0.319 e. The molecule has 0 radical (unpaired) electrons. The minimum Gasteiger partial charge on any atom is -0.329 e. The average molecular weight is 342 g/mol. The first-order valence-corrected chi connectivity index (χ1v) is 7.06. The molecule has 3 amide bonds. The van der Waals surface area contributed by atoms with Crippen molar-refractivity contribution in [2.75, 3.05) is 11.9 Å². The molecule has 10 nitrogen and oxygen atoms in total. The second-order valence-corrected chi connectivity index (χ2v) is 4.69. The van der Waals surface area contributed by atoms with Crippen LogP contribution in [0.15, 0.2) is 53.9 Å². The summed E-state index contributed by atoms with van der Waals surface area (Å²) in [6.07, 6.45) is 4.61. The topological polar surface area (TPSA) is 139 Å². The van der Waals surface area contributed by atoms with Crippen LogP contribution >= 0.6 is 0 Å². The number of hydrogen-bond acceptors (Lipinski definition) is 6. The Balaban J connectivity index is 1.76. The van der Waals surface area contributed by atoms with Crippen LogP contribution in [0.4, 0.5) is 16.2 Å². The van der Waals surface area contributed by atoms with Crippen LogP contribution in [-0.2, 0) is 4.79 Å². The number of hydrazone groups is 1. The SMILES string of the molecule is O=C(CNC(=O)Nc1cccc([N+](=O)[O-])c1)N/N=C/c1ccncc1. The molecule has 0 spiro atoms. The Kier molecular flexibility index (Phi) is 6.11. The molecular formula is C15H14N6O4. The number of pyridine rings is 1. The summed E-state index contributed by atoms with van der Waals surface area (Å²) < 4.78 is 0. The van der Waals surface area contributed by atoms with Crippen molar-refractivity contribution in [1.82, 2.24) is 15.7 Å². The fourth-order valence-electron chi connectivity index (χ4n) is 1.70. The largest absolute Gasteiger partial charge is 0.329 e. The van der Waals surface area contributed by atoms with Crippen LogP contribution in [0.25, 0.3) is 0 Å². The molecule has 128 valence electrons. The molecule has 0 saturated heterocycles. The highest BCUT2D eigenvalue weighted by Gasteiger charge is 2.08. The number of rotatable bonds is 6. The lowest BCUT2D eigenvalue weighted by Gasteiger charge is -2.06. The second-order valence-electron chi connectivity index (χ2n) is 4.69. The Morgan fingerprint density at radius 3 is 2.72 bits per heavy atom. The third kappa shape index (κ3) is 6.06. The van der Waals surface area contributed by atoms with Gasteiger partial charge in [-0.25, -0.2) is 10.2 Å². The van der Waals surface area contributed by atoms with Crippen molar-refractivity contribution < 1.29 is 14.5 Å². The molecule has 0 saturated carbocycles. The van der Waals surface area contributed by atoms with Gasteiger partial charge in [0.25, 0.3) is 11.6 Å². The number of aromatic nitrogens is 1. The van der Waals surface area contributed by atoms with E-state index in [1.165, 1.54) is 30.5 Å². The van der Waals surface area contributed by atoms with Crippen LogP contribution in [0.5, 0.6) is 0 Å². The molecule has 0 fully saturated rings. The molecule has 3 N–H and O–H groups in total. The van der Waals surface area contributed by atoms with E-state index in [9.17, 15) is 19.7 Å². The van der Waals surface area contributed by atoms with Crippen molar-refractivity contribution in [1.29, 1.82) is 0 Å². The van der Waals surface area contributed by atoms with Crippen molar-refractivity contribution in [3.8, 4) is 0 Å². The molecule has 0 atom stereocenters. The number of hydrogen-bond donors (Lipinski definition) is 3. The number of carbonyl (C=O) groups is 2. The number of non-ortho nitro benzene ring substituents is 1. The lowest BCUT2D eigenvalue weighted by molar-refractivity contribution is -0.384. The molecule has 10 heteroatoms. The van der Waals surface area contributed by atoms with Gasteiger partial charge in [-0.1, -0.05) is 6.07 Å². The minimum absolute atomic E-state index is 0.152. The van der Waals surface area contributed by atoms with Gasteiger partial charge >= 0.3 is 6.03 Å². The maximum Gasteiger partial charge on any atom is 0.319 e. The van der Waals surface area contributed by atoms with Crippen LogP contribution < -0.4 is 16.1 Å². The maximum atomic E-state index is 11.7. The average Bonchev–Trinajstić information content (AvgIpc) is 2.61. The maximum absolute atomic E-state index is 11.7. The quantitative estimate of drug-likeness (QED) is 0.412. The van der Waals surface area contributed by atoms with E-state index in [-0.39, 0.29) is 17.9 Å². The summed E-state index contributed by atoms with van der Waals surface area (Å²) in [4.78, 5) is 37.2. The number of urea groups is 1. The third-order valence-corrected chi connectivity index (χ3v) is 2.83. The molecule has 2 aromatic rings. The lowest BCUT2D eigenvalue weighted by Crippen LogP contribution is -2.37. The summed E-state index contributed by atoms with van der Waals surface area (Å²) in [6.45, 7) is -0.311. The van der Waals surface area contributed by atoms with Gasteiger partial charge < -0.3 is 10.6 Å². The monoisotopic (exact) mass is 342 g/mol. The zero-order valence-corrected chi connectivity index (χ0v) is 12.9. The summed E-state index contributed by atoms with van der Waals surface area (Å²) in [7, 11) is 0. The number of nitrogens with one attached hydrogen (secondary N) is 3. The van der Waals surface area contributed by atoms with E-state index in [2.05, 4.69) is 26.1 Å². The van der Waals surface area contributed by atoms with Gasteiger partial charge in [0.05, 0.1) is 11.1 Å². The summed E-state index contributed by atoms with van der Waals surface area (Å²) in [5.74, 6) is -0.528. The predicted molar refractivity (Wildman–Crippen MR) is 90.1 cm³/mol. The highest BCUT2D eigenvalue weighted by Crippen LogP contribution is 2.16. The molecular weight excluding hydrogens is 328 g/mol. The van der Waals surface area contributed by atoms with Crippen molar-refractivity contribution in [3.63, 3.8) is 0 Å². The number of anilines is 1. The molecule has 0 unspecified atom stereocenters. The van der Waals surface area contributed by atoms with Gasteiger partial charge in [-0.2, -0.15) is 5.10 Å². The van der Waals surface area contributed by atoms with Crippen LogP contribution in [0.1, 0.15) is 5.56 Å². The van der Waals surface area contributed by atoms with Crippen molar-refractivity contribution in [3.05, 3.63) is 64.5 Å². The van der Waals surface area contributed by atoms with E-state index in [1.807, 2.05) is 0 Å². The highest BCUT2D eigenvalue weighted by molar-refractivity contribution is 5.92. The number of nitro benzene ring substituents is 1.